The van der Waals surface area contributed by atoms with E-state index in [1.807, 2.05) is 6.92 Å². The first-order valence-corrected chi connectivity index (χ1v) is 5.39. The molecule has 2 nitrogen and oxygen atoms in total. The molecule has 1 N–H and O–H groups in total. The van der Waals surface area contributed by atoms with Crippen molar-refractivity contribution in [1.82, 2.24) is 4.98 Å². The predicted molar refractivity (Wildman–Crippen MR) is 60.8 cm³/mol. The van der Waals surface area contributed by atoms with Gasteiger partial charge in [0.05, 0.1) is 5.02 Å². The van der Waals surface area contributed by atoms with Crippen molar-refractivity contribution in [1.29, 1.82) is 0 Å². The van der Waals surface area contributed by atoms with Gasteiger partial charge in [-0.05, 0) is 28.9 Å². The van der Waals surface area contributed by atoms with Crippen LogP contribution in [0, 0.1) is 0 Å². The van der Waals surface area contributed by atoms with E-state index < -0.39 is 0 Å². The molecule has 1 aromatic heterocycles. The zero-order valence-electron chi connectivity index (χ0n) is 7.02. The van der Waals surface area contributed by atoms with Crippen LogP contribution in [0.1, 0.15) is 6.92 Å². The molecule has 1 heterocycles. The van der Waals surface area contributed by atoms with Gasteiger partial charge >= 0.3 is 0 Å². The molecule has 1 rings (SSSR count). The largest absolute Gasteiger partial charge is 0.367 e. The summed E-state index contributed by atoms with van der Waals surface area (Å²) in [5, 5.41) is 3.69. The monoisotopic (exact) mass is 282 g/mol. The van der Waals surface area contributed by atoms with Crippen LogP contribution in [0.2, 0.25) is 5.02 Å². The van der Waals surface area contributed by atoms with Gasteiger partial charge in [-0.1, -0.05) is 11.6 Å². The number of rotatable bonds is 3. The van der Waals surface area contributed by atoms with Gasteiger partial charge in [0.15, 0.2) is 0 Å². The number of nitrogens with zero attached hydrogens (tertiary/aromatic N) is 1. The highest BCUT2D eigenvalue weighted by Crippen LogP contribution is 2.22. The maximum atomic E-state index is 5.91. The lowest BCUT2D eigenvalue weighted by Crippen LogP contribution is -2.11. The number of hydrogen-bond acceptors (Lipinski definition) is 2. The van der Waals surface area contributed by atoms with E-state index >= 15 is 0 Å². The van der Waals surface area contributed by atoms with E-state index in [1.165, 1.54) is 0 Å². The van der Waals surface area contributed by atoms with E-state index in [0.29, 0.717) is 17.4 Å². The SMILES string of the molecule is CC(Cl)CNc1ncc(Br)cc1Cl. The second-order valence-corrected chi connectivity index (χ2v) is 4.71. The fraction of sp³-hybridized carbons (Fsp3) is 0.375. The van der Waals surface area contributed by atoms with E-state index in [1.54, 1.807) is 12.3 Å². The Morgan fingerprint density at radius 1 is 1.69 bits per heavy atom. The highest BCUT2D eigenvalue weighted by Gasteiger charge is 2.03. The lowest BCUT2D eigenvalue weighted by atomic mass is 10.4. The quantitative estimate of drug-likeness (QED) is 0.859. The van der Waals surface area contributed by atoms with Gasteiger partial charge < -0.3 is 5.32 Å². The van der Waals surface area contributed by atoms with Gasteiger partial charge in [0.25, 0.3) is 0 Å². The molecule has 0 aliphatic heterocycles. The first-order valence-electron chi connectivity index (χ1n) is 3.78. The Hall–Kier alpha value is 0.01000. The summed E-state index contributed by atoms with van der Waals surface area (Å²) in [7, 11) is 0. The molecule has 5 heteroatoms. The lowest BCUT2D eigenvalue weighted by molar-refractivity contribution is 0.977. The molecule has 0 saturated heterocycles. The molecule has 0 spiro atoms. The Labute approximate surface area is 95.8 Å². The summed E-state index contributed by atoms with van der Waals surface area (Å²) in [5.41, 5.74) is 0. The van der Waals surface area contributed by atoms with Crippen LogP contribution in [-0.4, -0.2) is 16.9 Å². The van der Waals surface area contributed by atoms with E-state index in [4.69, 9.17) is 23.2 Å². The molecule has 0 saturated carbocycles. The molecule has 13 heavy (non-hydrogen) atoms. The standard InChI is InChI=1S/C8H9BrCl2N2/c1-5(10)3-12-8-7(11)2-6(9)4-13-8/h2,4-5H,3H2,1H3,(H,12,13). The van der Waals surface area contributed by atoms with Gasteiger partial charge in [-0.15, -0.1) is 11.6 Å². The third-order valence-electron chi connectivity index (χ3n) is 1.36. The molecule has 0 radical (unpaired) electrons. The fourth-order valence-corrected chi connectivity index (χ4v) is 1.56. The number of nitrogens with one attached hydrogen (secondary N) is 1. The number of hydrogen-bond donors (Lipinski definition) is 1. The zero-order valence-corrected chi connectivity index (χ0v) is 10.1. The van der Waals surface area contributed by atoms with Gasteiger partial charge in [0.1, 0.15) is 5.82 Å². The van der Waals surface area contributed by atoms with Crippen LogP contribution < -0.4 is 5.32 Å². The number of halogens is 3. The summed E-state index contributed by atoms with van der Waals surface area (Å²) in [4.78, 5) is 4.10. The fourth-order valence-electron chi connectivity index (χ4n) is 0.782. The first kappa shape index (κ1) is 11.1. The smallest absolute Gasteiger partial charge is 0.144 e. The molecule has 0 fully saturated rings. The summed E-state index contributed by atoms with van der Waals surface area (Å²) < 4.78 is 0.863. The normalized spacial score (nSPS) is 12.6. The topological polar surface area (TPSA) is 24.9 Å². The molecule has 1 aromatic rings. The van der Waals surface area contributed by atoms with Crippen LogP contribution in [0.15, 0.2) is 16.7 Å². The Bertz CT molecular complexity index is 291. The van der Waals surface area contributed by atoms with Crippen LogP contribution in [0.5, 0.6) is 0 Å². The molecular weight excluding hydrogens is 275 g/mol. The number of anilines is 1. The molecule has 0 aliphatic carbocycles. The number of aromatic nitrogens is 1. The Morgan fingerprint density at radius 3 is 2.92 bits per heavy atom. The average molecular weight is 284 g/mol. The van der Waals surface area contributed by atoms with E-state index in [2.05, 4.69) is 26.2 Å². The Balaban J connectivity index is 2.67. The number of alkyl halides is 1. The molecule has 0 bridgehead atoms. The predicted octanol–water partition coefficient (Wildman–Crippen LogP) is 3.54. The van der Waals surface area contributed by atoms with Crippen LogP contribution >= 0.6 is 39.1 Å². The molecule has 72 valence electrons. The lowest BCUT2D eigenvalue weighted by Gasteiger charge is -2.08. The van der Waals surface area contributed by atoms with Crippen LogP contribution in [-0.2, 0) is 0 Å². The minimum Gasteiger partial charge on any atom is -0.367 e. The van der Waals surface area contributed by atoms with Gasteiger partial charge in [0, 0.05) is 22.6 Å². The number of pyridine rings is 1. The molecule has 0 amide bonds. The third kappa shape index (κ3) is 3.71. The molecule has 1 unspecified atom stereocenters. The zero-order chi connectivity index (χ0) is 9.84. The van der Waals surface area contributed by atoms with Gasteiger partial charge in [0.2, 0.25) is 0 Å². The van der Waals surface area contributed by atoms with Crippen molar-refractivity contribution in [2.45, 2.75) is 12.3 Å². The van der Waals surface area contributed by atoms with Crippen molar-refractivity contribution in [3.63, 3.8) is 0 Å². The first-order chi connectivity index (χ1) is 6.09. The molecule has 0 aliphatic rings. The van der Waals surface area contributed by atoms with Crippen molar-refractivity contribution in [3.05, 3.63) is 21.8 Å². The van der Waals surface area contributed by atoms with Gasteiger partial charge in [-0.25, -0.2) is 4.98 Å². The van der Waals surface area contributed by atoms with E-state index in [9.17, 15) is 0 Å². The minimum absolute atomic E-state index is 0.0570. The van der Waals surface area contributed by atoms with Crippen LogP contribution in [0.25, 0.3) is 0 Å². The summed E-state index contributed by atoms with van der Waals surface area (Å²) >= 11 is 15.0. The Kier molecular flexibility index (Phi) is 4.29. The van der Waals surface area contributed by atoms with Gasteiger partial charge in [-0.3, -0.25) is 0 Å². The second kappa shape index (κ2) is 5.03. The highest BCUT2D eigenvalue weighted by atomic mass is 79.9. The van der Waals surface area contributed by atoms with E-state index in [0.717, 1.165) is 4.47 Å². The van der Waals surface area contributed by atoms with Crippen molar-refractivity contribution in [2.75, 3.05) is 11.9 Å². The molecule has 1 atom stereocenters. The summed E-state index contributed by atoms with van der Waals surface area (Å²) in [6.45, 7) is 2.55. The summed E-state index contributed by atoms with van der Waals surface area (Å²) in [5.74, 6) is 0.664. The minimum atomic E-state index is 0.0570. The van der Waals surface area contributed by atoms with Crippen molar-refractivity contribution < 1.29 is 0 Å². The average Bonchev–Trinajstić information content (AvgIpc) is 2.02. The second-order valence-electron chi connectivity index (χ2n) is 2.65. The van der Waals surface area contributed by atoms with Crippen molar-refractivity contribution in [2.24, 2.45) is 0 Å². The van der Waals surface area contributed by atoms with Crippen molar-refractivity contribution >= 4 is 44.9 Å². The highest BCUT2D eigenvalue weighted by molar-refractivity contribution is 9.10. The Morgan fingerprint density at radius 2 is 2.38 bits per heavy atom. The maximum absolute atomic E-state index is 5.91. The summed E-state index contributed by atoms with van der Waals surface area (Å²) in [6, 6.07) is 1.79. The summed E-state index contributed by atoms with van der Waals surface area (Å²) in [6.07, 6.45) is 1.69. The third-order valence-corrected chi connectivity index (χ3v) is 2.23. The van der Waals surface area contributed by atoms with E-state index in [-0.39, 0.29) is 5.38 Å². The molecular formula is C8H9BrCl2N2. The van der Waals surface area contributed by atoms with Crippen LogP contribution in [0.4, 0.5) is 5.82 Å². The maximum Gasteiger partial charge on any atom is 0.144 e. The van der Waals surface area contributed by atoms with Crippen molar-refractivity contribution in [3.8, 4) is 0 Å². The molecule has 0 aromatic carbocycles. The van der Waals surface area contributed by atoms with Gasteiger partial charge in [-0.2, -0.15) is 0 Å². The van der Waals surface area contributed by atoms with Crippen LogP contribution in [0.3, 0.4) is 0 Å².